The van der Waals surface area contributed by atoms with Crippen LogP contribution in [0, 0.1) is 6.92 Å². The maximum absolute atomic E-state index is 5.43. The first kappa shape index (κ1) is 13.2. The van der Waals surface area contributed by atoms with Gasteiger partial charge in [0.25, 0.3) is 0 Å². The summed E-state index contributed by atoms with van der Waals surface area (Å²) in [5, 5.41) is 9.06. The molecule has 0 aliphatic carbocycles. The number of aryl methyl sites for hydroxylation is 1. The summed E-state index contributed by atoms with van der Waals surface area (Å²) >= 11 is 3.32. The molecule has 0 fully saturated rings. The summed E-state index contributed by atoms with van der Waals surface area (Å²) in [6, 6.07) is 0. The summed E-state index contributed by atoms with van der Waals surface area (Å²) in [6.45, 7) is 4.07. The normalized spacial score (nSPS) is 11.1. The molecule has 98 valence electrons. The molecule has 0 atom stereocenters. The Labute approximate surface area is 114 Å². The van der Waals surface area contributed by atoms with Gasteiger partial charge >= 0.3 is 0 Å². The minimum absolute atomic E-state index is 0.665. The van der Waals surface area contributed by atoms with Crippen LogP contribution in [0.15, 0.2) is 12.4 Å². The number of aromatic nitrogens is 4. The summed E-state index contributed by atoms with van der Waals surface area (Å²) in [4.78, 5) is 6.38. The minimum atomic E-state index is 0.665. The van der Waals surface area contributed by atoms with E-state index < -0.39 is 0 Å². The van der Waals surface area contributed by atoms with E-state index in [9.17, 15) is 0 Å². The number of anilines is 1. The molecule has 2 aromatic rings. The number of ether oxygens (including phenoxy) is 1. The molecule has 2 rings (SSSR count). The lowest BCUT2D eigenvalue weighted by Crippen LogP contribution is -2.24. The van der Waals surface area contributed by atoms with Crippen LogP contribution in [-0.2, 0) is 4.74 Å². The summed E-state index contributed by atoms with van der Waals surface area (Å²) in [6.07, 6.45) is 3.62. The molecule has 0 unspecified atom stereocenters. The summed E-state index contributed by atoms with van der Waals surface area (Å²) in [5.41, 5.74) is 0.776. The van der Waals surface area contributed by atoms with Crippen LogP contribution >= 0.6 is 15.9 Å². The quantitative estimate of drug-likeness (QED) is 0.594. The van der Waals surface area contributed by atoms with Gasteiger partial charge < -0.3 is 9.64 Å². The molecule has 0 amide bonds. The van der Waals surface area contributed by atoms with E-state index in [-0.39, 0.29) is 0 Å². The van der Waals surface area contributed by atoms with Crippen LogP contribution in [0.3, 0.4) is 0 Å². The lowest BCUT2D eigenvalue weighted by molar-refractivity contribution is 0.157. The highest BCUT2D eigenvalue weighted by Crippen LogP contribution is 2.15. The maximum Gasteiger partial charge on any atom is 0.203 e. The molecular weight excluding hydrogens is 298 g/mol. The molecule has 7 heteroatoms. The highest BCUT2D eigenvalue weighted by Gasteiger charge is 2.11. The van der Waals surface area contributed by atoms with Gasteiger partial charge in [-0.05, 0) is 6.92 Å². The van der Waals surface area contributed by atoms with Crippen LogP contribution in [0.5, 0.6) is 0 Å². The fourth-order valence-corrected chi connectivity index (χ4v) is 1.89. The van der Waals surface area contributed by atoms with Gasteiger partial charge in [0.1, 0.15) is 5.82 Å². The van der Waals surface area contributed by atoms with Crippen molar-refractivity contribution in [3.8, 4) is 0 Å². The van der Waals surface area contributed by atoms with Crippen LogP contribution in [0.4, 0.5) is 5.82 Å². The molecule has 2 aromatic heterocycles. The van der Waals surface area contributed by atoms with Crippen LogP contribution in [-0.4, -0.2) is 51.7 Å². The van der Waals surface area contributed by atoms with Gasteiger partial charge in [0.05, 0.1) is 13.2 Å². The lowest BCUT2D eigenvalue weighted by Gasteiger charge is -2.18. The van der Waals surface area contributed by atoms with Crippen molar-refractivity contribution in [3.63, 3.8) is 0 Å². The molecule has 0 saturated carbocycles. The minimum Gasteiger partial charge on any atom is -0.379 e. The van der Waals surface area contributed by atoms with E-state index in [1.807, 2.05) is 29.5 Å². The Morgan fingerprint density at radius 3 is 3.00 bits per heavy atom. The fourth-order valence-electron chi connectivity index (χ4n) is 1.66. The largest absolute Gasteiger partial charge is 0.379 e. The predicted octanol–water partition coefficient (Wildman–Crippen LogP) is 1.28. The van der Waals surface area contributed by atoms with Gasteiger partial charge in [0.2, 0.25) is 5.65 Å². The molecule has 0 spiro atoms. The molecule has 0 bridgehead atoms. The van der Waals surface area contributed by atoms with Gasteiger partial charge in [-0.3, -0.25) is 4.40 Å². The number of halogens is 1. The lowest BCUT2D eigenvalue weighted by atomic mass is 10.5. The number of hydrogen-bond donors (Lipinski definition) is 0. The van der Waals surface area contributed by atoms with Crippen molar-refractivity contribution in [2.75, 3.05) is 37.0 Å². The van der Waals surface area contributed by atoms with E-state index >= 15 is 0 Å². The molecular formula is C11H16BrN5O. The molecule has 0 aliphatic heterocycles. The van der Waals surface area contributed by atoms with Gasteiger partial charge in [0.15, 0.2) is 5.82 Å². The second-order valence-corrected chi connectivity index (χ2v) is 4.71. The zero-order valence-electron chi connectivity index (χ0n) is 10.5. The zero-order chi connectivity index (χ0) is 13.0. The van der Waals surface area contributed by atoms with Gasteiger partial charge in [-0.15, -0.1) is 10.2 Å². The van der Waals surface area contributed by atoms with Gasteiger partial charge in [-0.25, -0.2) is 4.98 Å². The Balaban J connectivity index is 2.10. The number of nitrogens with zero attached hydrogens (tertiary/aromatic N) is 5. The van der Waals surface area contributed by atoms with Crippen LogP contribution in [0.25, 0.3) is 5.65 Å². The SMILES string of the molecule is Cc1nnc2c(N(C)CCOCCBr)nccn12. The van der Waals surface area contributed by atoms with Gasteiger partial charge in [0, 0.05) is 31.3 Å². The summed E-state index contributed by atoms with van der Waals surface area (Å²) < 4.78 is 7.36. The van der Waals surface area contributed by atoms with Crippen molar-refractivity contribution >= 4 is 27.4 Å². The third kappa shape index (κ3) is 2.78. The van der Waals surface area contributed by atoms with E-state index in [0.29, 0.717) is 6.61 Å². The monoisotopic (exact) mass is 313 g/mol. The average molecular weight is 314 g/mol. The summed E-state index contributed by atoms with van der Waals surface area (Å²) in [7, 11) is 1.98. The highest BCUT2D eigenvalue weighted by molar-refractivity contribution is 9.09. The van der Waals surface area contributed by atoms with Gasteiger partial charge in [-0.2, -0.15) is 0 Å². The van der Waals surface area contributed by atoms with Crippen molar-refractivity contribution in [1.82, 2.24) is 19.6 Å². The molecule has 18 heavy (non-hydrogen) atoms. The van der Waals surface area contributed by atoms with Crippen molar-refractivity contribution < 1.29 is 4.74 Å². The highest BCUT2D eigenvalue weighted by atomic mass is 79.9. The standard InChI is InChI=1S/C11H16BrN5O/c1-9-14-15-11-10(13-4-5-17(9)11)16(2)6-8-18-7-3-12/h4-5H,3,6-8H2,1-2H3. The molecule has 0 aliphatic rings. The van der Waals surface area contributed by atoms with E-state index in [4.69, 9.17) is 4.74 Å². The number of alkyl halides is 1. The van der Waals surface area contributed by atoms with E-state index in [1.165, 1.54) is 0 Å². The topological polar surface area (TPSA) is 55.5 Å². The third-order valence-corrected chi connectivity index (χ3v) is 2.96. The Kier molecular flexibility index (Phi) is 4.48. The first-order chi connectivity index (χ1) is 8.74. The van der Waals surface area contributed by atoms with Crippen LogP contribution in [0.2, 0.25) is 0 Å². The van der Waals surface area contributed by atoms with Gasteiger partial charge in [-0.1, -0.05) is 15.9 Å². The third-order valence-electron chi connectivity index (χ3n) is 2.63. The number of rotatable bonds is 6. The number of likely N-dealkylation sites (N-methyl/N-ethyl adjacent to an activating group) is 1. The molecule has 0 aromatic carbocycles. The second-order valence-electron chi connectivity index (χ2n) is 3.91. The molecule has 0 N–H and O–H groups in total. The van der Waals surface area contributed by atoms with Crippen molar-refractivity contribution in [2.45, 2.75) is 6.92 Å². The van der Waals surface area contributed by atoms with E-state index in [2.05, 4.69) is 31.1 Å². The van der Waals surface area contributed by atoms with E-state index in [0.717, 1.165) is 35.8 Å². The fraction of sp³-hybridized carbons (Fsp3) is 0.545. The predicted molar refractivity (Wildman–Crippen MR) is 73.4 cm³/mol. The van der Waals surface area contributed by atoms with Crippen LogP contribution in [0.1, 0.15) is 5.82 Å². The number of hydrogen-bond acceptors (Lipinski definition) is 5. The van der Waals surface area contributed by atoms with E-state index in [1.54, 1.807) is 6.20 Å². The summed E-state index contributed by atoms with van der Waals surface area (Å²) in [5.74, 6) is 1.68. The molecule has 2 heterocycles. The first-order valence-electron chi connectivity index (χ1n) is 5.75. The van der Waals surface area contributed by atoms with Crippen molar-refractivity contribution in [3.05, 3.63) is 18.2 Å². The Morgan fingerprint density at radius 2 is 2.22 bits per heavy atom. The maximum atomic E-state index is 5.43. The Morgan fingerprint density at radius 1 is 1.39 bits per heavy atom. The smallest absolute Gasteiger partial charge is 0.203 e. The molecule has 0 saturated heterocycles. The zero-order valence-corrected chi connectivity index (χ0v) is 12.1. The second kappa shape index (κ2) is 6.10. The number of fused-ring (bicyclic) bond motifs is 1. The van der Waals surface area contributed by atoms with Crippen LogP contribution < -0.4 is 4.90 Å². The van der Waals surface area contributed by atoms with Crippen molar-refractivity contribution in [2.24, 2.45) is 0 Å². The van der Waals surface area contributed by atoms with Crippen molar-refractivity contribution in [1.29, 1.82) is 0 Å². The molecule has 0 radical (unpaired) electrons. The Bertz CT molecular complexity index is 515. The average Bonchev–Trinajstić information content (AvgIpc) is 2.76. The molecule has 6 nitrogen and oxygen atoms in total. The Hall–Kier alpha value is -1.21. The first-order valence-corrected chi connectivity index (χ1v) is 6.87.